The predicted octanol–water partition coefficient (Wildman–Crippen LogP) is 3.91. The zero-order valence-corrected chi connectivity index (χ0v) is 17.8. The van der Waals surface area contributed by atoms with Crippen LogP contribution in [0, 0.1) is 13.8 Å². The van der Waals surface area contributed by atoms with Gasteiger partial charge in [-0.1, -0.05) is 71.8 Å². The lowest BCUT2D eigenvalue weighted by atomic mass is 10.1. The van der Waals surface area contributed by atoms with Crippen LogP contribution in [0.2, 0.25) is 5.15 Å². The first-order valence-corrected chi connectivity index (χ1v) is 10.1. The van der Waals surface area contributed by atoms with E-state index in [4.69, 9.17) is 16.3 Å². The monoisotopic (exact) mass is 425 g/mol. The molecule has 0 aliphatic heterocycles. The summed E-state index contributed by atoms with van der Waals surface area (Å²) in [4.78, 5) is 29.2. The lowest BCUT2D eigenvalue weighted by Gasteiger charge is -2.14. The van der Waals surface area contributed by atoms with Crippen LogP contribution in [0.1, 0.15) is 22.4 Å². The summed E-state index contributed by atoms with van der Waals surface area (Å²) in [5.41, 5.74) is 3.23. The number of nitrogens with one attached hydrogen (secondary N) is 1. The standard InChI is InChI=1S/C23H24ClN3O3/c1-16-8-10-18(11-9-16)12-13-25-22-23(29)27(17(2)21(24)26-22)14-20(28)30-15-19-6-4-3-5-7-19/h3-11H,12-15H2,1-2H3,(H,25,26). The summed E-state index contributed by atoms with van der Waals surface area (Å²) in [5.74, 6) is -0.398. The molecule has 0 aliphatic carbocycles. The molecule has 3 rings (SSSR count). The number of aromatic nitrogens is 2. The maximum absolute atomic E-state index is 12.8. The Hall–Kier alpha value is -3.12. The van der Waals surface area contributed by atoms with Gasteiger partial charge in [0, 0.05) is 6.54 Å². The minimum atomic E-state index is -0.517. The SMILES string of the molecule is Cc1ccc(CCNc2nc(Cl)c(C)n(CC(=O)OCc3ccccc3)c2=O)cc1. The van der Waals surface area contributed by atoms with Crippen LogP contribution in [0.15, 0.2) is 59.4 Å². The second-order valence-electron chi connectivity index (χ2n) is 7.04. The number of rotatable bonds is 8. The van der Waals surface area contributed by atoms with Gasteiger partial charge in [-0.2, -0.15) is 0 Å². The molecule has 0 radical (unpaired) electrons. The molecule has 0 atom stereocenters. The van der Waals surface area contributed by atoms with E-state index in [-0.39, 0.29) is 24.1 Å². The molecule has 0 aliphatic rings. The number of hydrogen-bond donors (Lipinski definition) is 1. The molecule has 0 bridgehead atoms. The van der Waals surface area contributed by atoms with Crippen molar-refractivity contribution in [3.05, 3.63) is 92.5 Å². The molecule has 0 spiro atoms. The number of carbonyl (C=O) groups excluding carboxylic acids is 1. The number of nitrogens with zero attached hydrogens (tertiary/aromatic N) is 2. The summed E-state index contributed by atoms with van der Waals surface area (Å²) in [5, 5.41) is 3.20. The van der Waals surface area contributed by atoms with Crippen molar-refractivity contribution in [1.29, 1.82) is 0 Å². The van der Waals surface area contributed by atoms with Gasteiger partial charge in [0.05, 0.1) is 5.69 Å². The first-order valence-electron chi connectivity index (χ1n) is 9.70. The fourth-order valence-corrected chi connectivity index (χ4v) is 3.10. The lowest BCUT2D eigenvalue weighted by molar-refractivity contribution is -0.145. The van der Waals surface area contributed by atoms with Gasteiger partial charge in [-0.05, 0) is 31.4 Å². The highest BCUT2D eigenvalue weighted by atomic mass is 35.5. The molecule has 0 saturated carbocycles. The number of aryl methyl sites for hydroxylation is 1. The number of anilines is 1. The van der Waals surface area contributed by atoms with E-state index < -0.39 is 11.5 Å². The highest BCUT2D eigenvalue weighted by Gasteiger charge is 2.16. The molecule has 0 fully saturated rings. The van der Waals surface area contributed by atoms with Gasteiger partial charge >= 0.3 is 5.97 Å². The van der Waals surface area contributed by atoms with E-state index in [0.29, 0.717) is 12.2 Å². The summed E-state index contributed by atoms with van der Waals surface area (Å²) in [7, 11) is 0. The maximum atomic E-state index is 12.8. The molecular weight excluding hydrogens is 402 g/mol. The molecule has 3 aromatic rings. The van der Waals surface area contributed by atoms with Gasteiger partial charge < -0.3 is 10.1 Å². The van der Waals surface area contributed by atoms with Crippen molar-refractivity contribution < 1.29 is 9.53 Å². The Morgan fingerprint density at radius 3 is 2.47 bits per heavy atom. The molecule has 0 saturated heterocycles. The second kappa shape index (κ2) is 10.1. The number of benzene rings is 2. The minimum Gasteiger partial charge on any atom is -0.459 e. The Balaban J connectivity index is 1.65. The average molecular weight is 426 g/mol. The smallest absolute Gasteiger partial charge is 0.326 e. The van der Waals surface area contributed by atoms with Crippen molar-refractivity contribution in [2.45, 2.75) is 33.4 Å². The van der Waals surface area contributed by atoms with Gasteiger partial charge in [-0.25, -0.2) is 4.98 Å². The van der Waals surface area contributed by atoms with Crippen molar-refractivity contribution in [1.82, 2.24) is 9.55 Å². The maximum Gasteiger partial charge on any atom is 0.326 e. The summed E-state index contributed by atoms with van der Waals surface area (Å²) >= 11 is 6.20. The van der Waals surface area contributed by atoms with Gasteiger partial charge in [0.25, 0.3) is 5.56 Å². The van der Waals surface area contributed by atoms with Gasteiger partial charge in [0.2, 0.25) is 0 Å². The van der Waals surface area contributed by atoms with Crippen LogP contribution < -0.4 is 10.9 Å². The van der Waals surface area contributed by atoms with Gasteiger partial charge in [-0.3, -0.25) is 14.2 Å². The Kier molecular flexibility index (Phi) is 7.25. The van der Waals surface area contributed by atoms with E-state index in [0.717, 1.165) is 17.5 Å². The summed E-state index contributed by atoms with van der Waals surface area (Å²) in [6, 6.07) is 17.6. The highest BCUT2D eigenvalue weighted by Crippen LogP contribution is 2.13. The molecule has 0 amide bonds. The quantitative estimate of drug-likeness (QED) is 0.554. The largest absolute Gasteiger partial charge is 0.459 e. The number of carbonyl (C=O) groups is 1. The zero-order chi connectivity index (χ0) is 21.5. The van der Waals surface area contributed by atoms with E-state index in [2.05, 4.69) is 10.3 Å². The van der Waals surface area contributed by atoms with Crippen LogP contribution in [0.4, 0.5) is 5.82 Å². The van der Waals surface area contributed by atoms with E-state index >= 15 is 0 Å². The fourth-order valence-electron chi connectivity index (χ4n) is 2.92. The van der Waals surface area contributed by atoms with Crippen LogP contribution in [-0.4, -0.2) is 22.1 Å². The topological polar surface area (TPSA) is 73.2 Å². The molecule has 6 nitrogen and oxygen atoms in total. The van der Waals surface area contributed by atoms with Crippen molar-refractivity contribution in [2.24, 2.45) is 0 Å². The lowest BCUT2D eigenvalue weighted by Crippen LogP contribution is -2.31. The van der Waals surface area contributed by atoms with E-state index in [1.165, 1.54) is 10.1 Å². The van der Waals surface area contributed by atoms with Crippen LogP contribution in [-0.2, 0) is 29.1 Å². The first kappa shape index (κ1) is 21.6. The Morgan fingerprint density at radius 2 is 1.77 bits per heavy atom. The molecule has 2 aromatic carbocycles. The average Bonchev–Trinajstić information content (AvgIpc) is 2.75. The molecule has 156 valence electrons. The number of esters is 1. The molecule has 30 heavy (non-hydrogen) atoms. The third-order valence-corrected chi connectivity index (χ3v) is 5.08. The molecule has 0 unspecified atom stereocenters. The van der Waals surface area contributed by atoms with Crippen molar-refractivity contribution in [3.63, 3.8) is 0 Å². The highest BCUT2D eigenvalue weighted by molar-refractivity contribution is 6.30. The first-order chi connectivity index (χ1) is 14.4. The number of halogens is 1. The summed E-state index contributed by atoms with van der Waals surface area (Å²) in [6.07, 6.45) is 0.728. The molecule has 1 heterocycles. The number of hydrogen-bond acceptors (Lipinski definition) is 5. The van der Waals surface area contributed by atoms with E-state index in [9.17, 15) is 9.59 Å². The van der Waals surface area contributed by atoms with E-state index in [1.807, 2.05) is 61.5 Å². The van der Waals surface area contributed by atoms with Gasteiger partial charge in [-0.15, -0.1) is 0 Å². The van der Waals surface area contributed by atoms with Gasteiger partial charge in [0.15, 0.2) is 11.0 Å². The van der Waals surface area contributed by atoms with Crippen molar-refractivity contribution in [2.75, 3.05) is 11.9 Å². The summed E-state index contributed by atoms with van der Waals surface area (Å²) < 4.78 is 6.58. The van der Waals surface area contributed by atoms with Crippen LogP contribution in [0.3, 0.4) is 0 Å². The third kappa shape index (κ3) is 5.70. The molecule has 1 aromatic heterocycles. The molecular formula is C23H24ClN3O3. The number of ether oxygens (including phenoxy) is 1. The third-order valence-electron chi connectivity index (χ3n) is 4.72. The van der Waals surface area contributed by atoms with Crippen LogP contribution in [0.25, 0.3) is 0 Å². The molecule has 1 N–H and O–H groups in total. The zero-order valence-electron chi connectivity index (χ0n) is 17.0. The molecule has 7 heteroatoms. The Bertz CT molecular complexity index is 1060. The van der Waals surface area contributed by atoms with Crippen molar-refractivity contribution >= 4 is 23.4 Å². The van der Waals surface area contributed by atoms with Crippen molar-refractivity contribution in [3.8, 4) is 0 Å². The minimum absolute atomic E-state index is 0.119. The predicted molar refractivity (Wildman–Crippen MR) is 118 cm³/mol. The Labute approximate surface area is 180 Å². The van der Waals surface area contributed by atoms with E-state index in [1.54, 1.807) is 6.92 Å². The fraction of sp³-hybridized carbons (Fsp3) is 0.261. The van der Waals surface area contributed by atoms with Crippen LogP contribution in [0.5, 0.6) is 0 Å². The summed E-state index contributed by atoms with van der Waals surface area (Å²) in [6.45, 7) is 4.12. The Morgan fingerprint density at radius 1 is 1.07 bits per heavy atom. The second-order valence-corrected chi connectivity index (χ2v) is 7.39. The van der Waals surface area contributed by atoms with Gasteiger partial charge in [0.1, 0.15) is 13.2 Å². The normalized spacial score (nSPS) is 10.6. The van der Waals surface area contributed by atoms with Crippen LogP contribution >= 0.6 is 11.6 Å².